The molecule has 3 nitrogen and oxygen atoms in total. The molecule has 0 amide bonds. The summed E-state index contributed by atoms with van der Waals surface area (Å²) < 4.78 is 4.91. The van der Waals surface area contributed by atoms with Crippen molar-refractivity contribution in [2.75, 3.05) is 13.2 Å². The van der Waals surface area contributed by atoms with Crippen molar-refractivity contribution in [1.29, 1.82) is 0 Å². The van der Waals surface area contributed by atoms with Crippen LogP contribution >= 0.6 is 0 Å². The molecule has 94 valence electrons. The average molecular weight is 227 g/mol. The van der Waals surface area contributed by atoms with Crippen molar-refractivity contribution in [3.8, 4) is 0 Å². The van der Waals surface area contributed by atoms with Crippen LogP contribution in [0.3, 0.4) is 0 Å². The Balaban J connectivity index is 2.31. The Labute approximate surface area is 98.9 Å². The molecule has 0 aromatic heterocycles. The van der Waals surface area contributed by atoms with E-state index in [9.17, 15) is 4.79 Å². The fraction of sp³-hybridized carbons (Fsp3) is 0.923. The van der Waals surface area contributed by atoms with Crippen molar-refractivity contribution in [2.45, 2.75) is 53.0 Å². The molecule has 0 aromatic carbocycles. The molecule has 0 saturated heterocycles. The lowest BCUT2D eigenvalue weighted by atomic mass is 9.70. The number of ether oxygens (including phenoxy) is 1. The zero-order valence-corrected chi connectivity index (χ0v) is 11.0. The summed E-state index contributed by atoms with van der Waals surface area (Å²) in [5, 5.41) is 3.32. The molecule has 2 atom stereocenters. The van der Waals surface area contributed by atoms with Gasteiger partial charge in [-0.1, -0.05) is 20.8 Å². The van der Waals surface area contributed by atoms with Crippen LogP contribution in [0.25, 0.3) is 0 Å². The molecule has 2 unspecified atom stereocenters. The van der Waals surface area contributed by atoms with Gasteiger partial charge in [0, 0.05) is 6.04 Å². The minimum absolute atomic E-state index is 0.139. The second-order valence-corrected chi connectivity index (χ2v) is 5.68. The van der Waals surface area contributed by atoms with Gasteiger partial charge in [0.25, 0.3) is 0 Å². The molecule has 0 aliphatic heterocycles. The number of hydrogen-bond acceptors (Lipinski definition) is 3. The topological polar surface area (TPSA) is 38.3 Å². The molecule has 0 bridgehead atoms. The average Bonchev–Trinajstić information content (AvgIpc) is 2.15. The molecule has 1 aliphatic carbocycles. The van der Waals surface area contributed by atoms with Crippen LogP contribution in [0.2, 0.25) is 0 Å². The third kappa shape index (κ3) is 4.12. The highest BCUT2D eigenvalue weighted by atomic mass is 16.5. The summed E-state index contributed by atoms with van der Waals surface area (Å²) in [5.41, 5.74) is 0.460. The monoisotopic (exact) mass is 227 g/mol. The van der Waals surface area contributed by atoms with Crippen LogP contribution in [0.15, 0.2) is 0 Å². The first kappa shape index (κ1) is 13.5. The quantitative estimate of drug-likeness (QED) is 0.749. The Kier molecular flexibility index (Phi) is 4.78. The van der Waals surface area contributed by atoms with Crippen LogP contribution < -0.4 is 5.32 Å². The summed E-state index contributed by atoms with van der Waals surface area (Å²) in [5.74, 6) is 0.498. The van der Waals surface area contributed by atoms with E-state index in [-0.39, 0.29) is 5.97 Å². The summed E-state index contributed by atoms with van der Waals surface area (Å²) >= 11 is 0. The van der Waals surface area contributed by atoms with Gasteiger partial charge in [0.15, 0.2) is 0 Å². The highest BCUT2D eigenvalue weighted by Gasteiger charge is 2.32. The van der Waals surface area contributed by atoms with E-state index in [1.54, 1.807) is 0 Å². The predicted octanol–water partition coefficient (Wildman–Crippen LogP) is 2.35. The second kappa shape index (κ2) is 5.67. The SMILES string of the molecule is CCOC(=O)CNC1CCC(C)(C)CC1C. The van der Waals surface area contributed by atoms with Gasteiger partial charge in [0.2, 0.25) is 0 Å². The van der Waals surface area contributed by atoms with Crippen LogP contribution in [0, 0.1) is 11.3 Å². The fourth-order valence-electron chi connectivity index (χ4n) is 2.68. The lowest BCUT2D eigenvalue weighted by Gasteiger charge is -2.39. The summed E-state index contributed by atoms with van der Waals surface area (Å²) in [6.07, 6.45) is 3.62. The molecular weight excluding hydrogens is 202 g/mol. The first-order valence-corrected chi connectivity index (χ1v) is 6.33. The van der Waals surface area contributed by atoms with Crippen molar-refractivity contribution in [3.63, 3.8) is 0 Å². The number of rotatable bonds is 4. The smallest absolute Gasteiger partial charge is 0.319 e. The largest absolute Gasteiger partial charge is 0.465 e. The minimum atomic E-state index is -0.139. The lowest BCUT2D eigenvalue weighted by molar-refractivity contribution is -0.142. The molecule has 0 radical (unpaired) electrons. The Bertz CT molecular complexity index is 238. The van der Waals surface area contributed by atoms with Gasteiger partial charge in [-0.25, -0.2) is 0 Å². The molecular formula is C13H25NO2. The minimum Gasteiger partial charge on any atom is -0.465 e. The molecule has 1 rings (SSSR count). The maximum absolute atomic E-state index is 11.2. The van der Waals surface area contributed by atoms with Gasteiger partial charge < -0.3 is 10.1 Å². The van der Waals surface area contributed by atoms with Gasteiger partial charge in [0.1, 0.15) is 0 Å². The molecule has 0 heterocycles. The molecule has 1 N–H and O–H groups in total. The van der Waals surface area contributed by atoms with Crippen LogP contribution in [0.4, 0.5) is 0 Å². The van der Waals surface area contributed by atoms with Gasteiger partial charge in [-0.15, -0.1) is 0 Å². The summed E-state index contributed by atoms with van der Waals surface area (Å²) in [4.78, 5) is 11.2. The molecule has 0 aromatic rings. The molecule has 1 fully saturated rings. The van der Waals surface area contributed by atoms with Gasteiger partial charge in [-0.2, -0.15) is 0 Å². The normalized spacial score (nSPS) is 28.8. The summed E-state index contributed by atoms with van der Waals surface area (Å²) in [6.45, 7) is 9.57. The zero-order chi connectivity index (χ0) is 12.2. The van der Waals surface area contributed by atoms with Gasteiger partial charge in [-0.05, 0) is 37.5 Å². The van der Waals surface area contributed by atoms with Crippen LogP contribution in [0.5, 0.6) is 0 Å². The Morgan fingerprint density at radius 2 is 2.19 bits per heavy atom. The van der Waals surface area contributed by atoms with Crippen LogP contribution in [-0.2, 0) is 9.53 Å². The molecule has 16 heavy (non-hydrogen) atoms. The van der Waals surface area contributed by atoms with Crippen molar-refractivity contribution in [1.82, 2.24) is 5.32 Å². The van der Waals surface area contributed by atoms with E-state index in [4.69, 9.17) is 4.74 Å². The van der Waals surface area contributed by atoms with E-state index in [0.717, 1.165) is 6.42 Å². The van der Waals surface area contributed by atoms with E-state index in [1.807, 2.05) is 6.92 Å². The standard InChI is InChI=1S/C13H25NO2/c1-5-16-12(15)9-14-11-6-7-13(3,4)8-10(11)2/h10-11,14H,5-9H2,1-4H3. The highest BCUT2D eigenvalue weighted by molar-refractivity contribution is 5.71. The number of esters is 1. The summed E-state index contributed by atoms with van der Waals surface area (Å²) in [7, 11) is 0. The Morgan fingerprint density at radius 1 is 1.50 bits per heavy atom. The van der Waals surface area contributed by atoms with Crippen molar-refractivity contribution in [3.05, 3.63) is 0 Å². The maximum atomic E-state index is 11.2. The van der Waals surface area contributed by atoms with Gasteiger partial charge >= 0.3 is 5.97 Å². The first-order chi connectivity index (χ1) is 7.44. The Morgan fingerprint density at radius 3 is 2.75 bits per heavy atom. The number of hydrogen-bond donors (Lipinski definition) is 1. The number of nitrogens with one attached hydrogen (secondary N) is 1. The third-order valence-corrected chi connectivity index (χ3v) is 3.51. The van der Waals surface area contributed by atoms with E-state index in [2.05, 4.69) is 26.1 Å². The highest BCUT2D eigenvalue weighted by Crippen LogP contribution is 2.38. The van der Waals surface area contributed by atoms with E-state index >= 15 is 0 Å². The number of carbonyl (C=O) groups excluding carboxylic acids is 1. The van der Waals surface area contributed by atoms with Gasteiger partial charge in [0.05, 0.1) is 13.2 Å². The predicted molar refractivity (Wildman–Crippen MR) is 65.2 cm³/mol. The second-order valence-electron chi connectivity index (χ2n) is 5.68. The van der Waals surface area contributed by atoms with E-state index in [0.29, 0.717) is 30.5 Å². The van der Waals surface area contributed by atoms with E-state index < -0.39 is 0 Å². The van der Waals surface area contributed by atoms with Gasteiger partial charge in [-0.3, -0.25) is 4.79 Å². The molecule has 1 saturated carbocycles. The van der Waals surface area contributed by atoms with Crippen LogP contribution in [-0.4, -0.2) is 25.2 Å². The first-order valence-electron chi connectivity index (χ1n) is 6.33. The Hall–Kier alpha value is -0.570. The maximum Gasteiger partial charge on any atom is 0.319 e. The molecule has 0 spiro atoms. The number of carbonyl (C=O) groups is 1. The van der Waals surface area contributed by atoms with E-state index in [1.165, 1.54) is 12.8 Å². The molecule has 1 aliphatic rings. The van der Waals surface area contributed by atoms with Crippen LogP contribution in [0.1, 0.15) is 47.0 Å². The third-order valence-electron chi connectivity index (χ3n) is 3.51. The lowest BCUT2D eigenvalue weighted by Crippen LogP contribution is -2.43. The zero-order valence-electron chi connectivity index (χ0n) is 11.0. The molecule has 3 heteroatoms. The fourth-order valence-corrected chi connectivity index (χ4v) is 2.68. The van der Waals surface area contributed by atoms with Crippen molar-refractivity contribution in [2.24, 2.45) is 11.3 Å². The van der Waals surface area contributed by atoms with Crippen molar-refractivity contribution < 1.29 is 9.53 Å². The summed E-state index contributed by atoms with van der Waals surface area (Å²) in [6, 6.07) is 0.470. The van der Waals surface area contributed by atoms with Crippen molar-refractivity contribution >= 4 is 5.97 Å².